The molecule has 1 amide bonds. The van der Waals surface area contributed by atoms with Crippen LogP contribution >= 0.6 is 10.8 Å². The Balaban J connectivity index is 2.91. The summed E-state index contributed by atoms with van der Waals surface area (Å²) in [5.74, 6) is -0.393. The van der Waals surface area contributed by atoms with Crippen molar-refractivity contribution < 1.29 is 27.8 Å². The van der Waals surface area contributed by atoms with Gasteiger partial charge in [-0.15, -0.1) is 0 Å². The summed E-state index contributed by atoms with van der Waals surface area (Å²) in [6.07, 6.45) is 0. The molecule has 0 aliphatic rings. The topological polar surface area (TPSA) is 93.1 Å². The second-order valence-electron chi connectivity index (χ2n) is 5.54. The monoisotopic (exact) mass is 401 g/mol. The van der Waals surface area contributed by atoms with Gasteiger partial charge in [-0.1, -0.05) is 18.7 Å². The minimum atomic E-state index is -2.18. The molecule has 3 atom stereocenters. The van der Waals surface area contributed by atoms with E-state index in [9.17, 15) is 13.8 Å². The second kappa shape index (κ2) is 10.3. The molecular formula is C17H23NO6S2. The predicted octanol–water partition coefficient (Wildman–Crippen LogP) is 2.75. The summed E-state index contributed by atoms with van der Waals surface area (Å²) in [6.45, 7) is 8.22. The molecule has 26 heavy (non-hydrogen) atoms. The van der Waals surface area contributed by atoms with Crippen LogP contribution in [-0.2, 0) is 31.0 Å². The van der Waals surface area contributed by atoms with Crippen LogP contribution < -0.4 is 4.74 Å². The van der Waals surface area contributed by atoms with E-state index < -0.39 is 33.4 Å². The minimum Gasteiger partial charge on any atom is -0.497 e. The quantitative estimate of drug-likeness (QED) is 0.224. The van der Waals surface area contributed by atoms with E-state index in [0.717, 1.165) is 5.56 Å². The fourth-order valence-electron chi connectivity index (χ4n) is 2.32. The van der Waals surface area contributed by atoms with E-state index in [1.54, 1.807) is 45.2 Å². The van der Waals surface area contributed by atoms with E-state index in [1.165, 1.54) is 11.8 Å². The Morgan fingerprint density at radius 1 is 1.31 bits per heavy atom. The van der Waals surface area contributed by atoms with Gasteiger partial charge in [0.1, 0.15) is 12.4 Å². The average molecular weight is 402 g/mol. The molecule has 0 spiro atoms. The van der Waals surface area contributed by atoms with Crippen molar-refractivity contribution >= 4 is 32.8 Å². The lowest BCUT2D eigenvalue weighted by molar-refractivity contribution is -0.154. The van der Waals surface area contributed by atoms with Crippen LogP contribution in [0, 0.1) is 0 Å². The van der Waals surface area contributed by atoms with Crippen LogP contribution in [0.5, 0.6) is 5.75 Å². The fourth-order valence-corrected chi connectivity index (χ4v) is 3.91. The van der Waals surface area contributed by atoms with Crippen LogP contribution in [0.3, 0.4) is 0 Å². The van der Waals surface area contributed by atoms with Crippen molar-refractivity contribution in [3.8, 4) is 5.75 Å². The zero-order valence-electron chi connectivity index (χ0n) is 15.1. The highest BCUT2D eigenvalue weighted by molar-refractivity contribution is 8.67. The van der Waals surface area contributed by atoms with E-state index in [4.69, 9.17) is 14.0 Å². The number of nitrogens with zero attached hydrogens (tertiary/aromatic N) is 1. The normalized spacial score (nSPS) is 14.0. The molecule has 0 radical (unpaired) electrons. The number of hydrogen-bond acceptors (Lipinski definition) is 6. The van der Waals surface area contributed by atoms with Crippen molar-refractivity contribution in [2.75, 3.05) is 7.11 Å². The van der Waals surface area contributed by atoms with Crippen LogP contribution in [0.15, 0.2) is 36.4 Å². The number of amides is 1. The molecule has 1 aromatic rings. The highest BCUT2D eigenvalue weighted by Gasteiger charge is 2.34. The maximum absolute atomic E-state index is 12.6. The van der Waals surface area contributed by atoms with Gasteiger partial charge in [-0.05, 0) is 47.9 Å². The Morgan fingerprint density at radius 2 is 1.88 bits per heavy atom. The molecule has 1 aromatic carbocycles. The third-order valence-corrected chi connectivity index (χ3v) is 5.49. The Bertz CT molecular complexity index is 676. The predicted molar refractivity (Wildman–Crippen MR) is 102 cm³/mol. The lowest BCUT2D eigenvalue weighted by atomic mass is 10.1. The first-order valence-corrected chi connectivity index (χ1v) is 10.2. The summed E-state index contributed by atoms with van der Waals surface area (Å²) in [6, 6.07) is 5.97. The van der Waals surface area contributed by atoms with E-state index in [2.05, 4.69) is 6.58 Å². The molecule has 1 N–H and O–H groups in total. The molecule has 0 saturated carbocycles. The number of esters is 1. The Hall–Kier alpha value is -1.84. The highest BCUT2D eigenvalue weighted by Crippen LogP contribution is 2.24. The standard InChI is InChI=1S/C17H23NO6S2/c1-11(2)16(18(12(3)19)13(4)25-26(21)22)17(20)24-10-14-6-8-15(23-5)9-7-14/h6-9,13,16H,1,10H2,2-5H3,(H,21,22). The Morgan fingerprint density at radius 3 is 2.31 bits per heavy atom. The summed E-state index contributed by atoms with van der Waals surface area (Å²) in [5, 5.41) is -0.714. The van der Waals surface area contributed by atoms with Gasteiger partial charge >= 0.3 is 5.97 Å². The Labute approximate surface area is 159 Å². The third kappa shape index (κ3) is 6.47. The third-order valence-electron chi connectivity index (χ3n) is 3.49. The van der Waals surface area contributed by atoms with Gasteiger partial charge in [0.15, 0.2) is 6.04 Å². The molecule has 0 aromatic heterocycles. The first-order chi connectivity index (χ1) is 12.2. The van der Waals surface area contributed by atoms with Crippen molar-refractivity contribution in [1.29, 1.82) is 0 Å². The summed E-state index contributed by atoms with van der Waals surface area (Å²) < 4.78 is 30.5. The molecule has 0 fully saturated rings. The summed E-state index contributed by atoms with van der Waals surface area (Å²) in [4.78, 5) is 25.8. The van der Waals surface area contributed by atoms with Gasteiger partial charge in [-0.3, -0.25) is 9.35 Å². The SMILES string of the molecule is C=C(C)C(C(=O)OCc1ccc(OC)cc1)N(C(C)=O)C(C)SS(=O)O. The molecule has 0 aliphatic heterocycles. The molecule has 0 bridgehead atoms. The maximum Gasteiger partial charge on any atom is 0.333 e. The molecule has 7 nitrogen and oxygen atoms in total. The zero-order chi connectivity index (χ0) is 19.9. The van der Waals surface area contributed by atoms with Gasteiger partial charge in [0, 0.05) is 6.92 Å². The summed E-state index contributed by atoms with van der Waals surface area (Å²) in [7, 11) is 0.0162. The average Bonchev–Trinajstić information content (AvgIpc) is 2.56. The van der Waals surface area contributed by atoms with Crippen molar-refractivity contribution in [2.45, 2.75) is 38.8 Å². The van der Waals surface area contributed by atoms with Crippen molar-refractivity contribution in [3.05, 3.63) is 42.0 Å². The number of carbonyl (C=O) groups excluding carboxylic acids is 2. The smallest absolute Gasteiger partial charge is 0.333 e. The molecule has 3 unspecified atom stereocenters. The number of rotatable bonds is 9. The Kier molecular flexibility index (Phi) is 8.83. The fraction of sp³-hybridized carbons (Fsp3) is 0.412. The zero-order valence-corrected chi connectivity index (χ0v) is 16.8. The van der Waals surface area contributed by atoms with E-state index >= 15 is 0 Å². The van der Waals surface area contributed by atoms with Gasteiger partial charge in [-0.25, -0.2) is 9.00 Å². The van der Waals surface area contributed by atoms with Crippen molar-refractivity contribution in [2.24, 2.45) is 0 Å². The van der Waals surface area contributed by atoms with Gasteiger partial charge in [0.2, 0.25) is 16.0 Å². The summed E-state index contributed by atoms with van der Waals surface area (Å²) in [5.41, 5.74) is 1.16. The van der Waals surface area contributed by atoms with E-state index in [-0.39, 0.29) is 6.61 Å². The van der Waals surface area contributed by atoms with Gasteiger partial charge in [0.05, 0.1) is 12.5 Å². The lowest BCUT2D eigenvalue weighted by Crippen LogP contribution is -2.49. The minimum absolute atomic E-state index is 0.0196. The van der Waals surface area contributed by atoms with E-state index in [0.29, 0.717) is 22.1 Å². The number of hydrogen-bond donors (Lipinski definition) is 1. The summed E-state index contributed by atoms with van der Waals surface area (Å²) >= 11 is 0. The number of ether oxygens (including phenoxy) is 2. The van der Waals surface area contributed by atoms with Gasteiger partial charge < -0.3 is 14.4 Å². The van der Waals surface area contributed by atoms with Crippen LogP contribution in [0.25, 0.3) is 0 Å². The number of benzene rings is 1. The molecule has 144 valence electrons. The molecule has 1 rings (SSSR count). The van der Waals surface area contributed by atoms with E-state index in [1.807, 2.05) is 0 Å². The van der Waals surface area contributed by atoms with Gasteiger partial charge in [0.25, 0.3) is 0 Å². The van der Waals surface area contributed by atoms with Crippen LogP contribution in [0.4, 0.5) is 0 Å². The first-order valence-electron chi connectivity index (χ1n) is 7.69. The van der Waals surface area contributed by atoms with Crippen LogP contribution in [0.1, 0.15) is 26.3 Å². The molecular weight excluding hydrogens is 378 g/mol. The molecule has 0 aliphatic carbocycles. The molecule has 9 heteroatoms. The largest absolute Gasteiger partial charge is 0.497 e. The second-order valence-corrected chi connectivity index (χ2v) is 8.29. The van der Waals surface area contributed by atoms with Crippen LogP contribution in [-0.4, -0.2) is 44.1 Å². The van der Waals surface area contributed by atoms with Crippen molar-refractivity contribution in [3.63, 3.8) is 0 Å². The number of methoxy groups -OCH3 is 1. The molecule has 0 heterocycles. The van der Waals surface area contributed by atoms with Crippen LogP contribution in [0.2, 0.25) is 0 Å². The first kappa shape index (κ1) is 22.2. The number of carbonyl (C=O) groups is 2. The van der Waals surface area contributed by atoms with Gasteiger partial charge in [-0.2, -0.15) is 0 Å². The highest BCUT2D eigenvalue weighted by atomic mass is 33.1. The van der Waals surface area contributed by atoms with Crippen molar-refractivity contribution in [1.82, 2.24) is 4.90 Å². The maximum atomic E-state index is 12.6. The molecule has 0 saturated heterocycles. The lowest BCUT2D eigenvalue weighted by Gasteiger charge is -2.33.